The Balaban J connectivity index is 1.82. The van der Waals surface area contributed by atoms with Crippen molar-refractivity contribution in [2.24, 2.45) is 0 Å². The van der Waals surface area contributed by atoms with Crippen molar-refractivity contribution in [1.29, 1.82) is 0 Å². The number of aliphatic carboxylic acids is 1. The zero-order valence-electron chi connectivity index (χ0n) is 17.2. The highest BCUT2D eigenvalue weighted by atomic mass is 32.2. The van der Waals surface area contributed by atoms with E-state index in [2.05, 4.69) is 10.6 Å². The van der Waals surface area contributed by atoms with Gasteiger partial charge in [-0.15, -0.1) is 0 Å². The molecule has 2 atom stereocenters. The van der Waals surface area contributed by atoms with Crippen molar-refractivity contribution >= 4 is 27.6 Å². The van der Waals surface area contributed by atoms with Gasteiger partial charge < -0.3 is 15.7 Å². The Bertz CT molecular complexity index is 993. The zero-order chi connectivity index (χ0) is 22.9. The van der Waals surface area contributed by atoms with Gasteiger partial charge in [0.25, 0.3) is 0 Å². The van der Waals surface area contributed by atoms with E-state index in [9.17, 15) is 27.9 Å². The second-order valence-electron chi connectivity index (χ2n) is 7.08. The fraction of sp³-hybridized carbons (Fsp3) is 0.318. The number of carboxylic acids is 1. The Morgan fingerprint density at radius 2 is 1.39 bits per heavy atom. The maximum Gasteiger partial charge on any atom is 0.326 e. The van der Waals surface area contributed by atoms with Crippen LogP contribution in [0.25, 0.3) is 0 Å². The first-order chi connectivity index (χ1) is 14.7. The number of amides is 2. The summed E-state index contributed by atoms with van der Waals surface area (Å²) < 4.78 is 24.6. The number of nitrogens with one attached hydrogen (secondary N) is 2. The van der Waals surface area contributed by atoms with Crippen molar-refractivity contribution < 1.29 is 27.9 Å². The van der Waals surface area contributed by atoms with Gasteiger partial charge in [-0.2, -0.15) is 0 Å². The monoisotopic (exact) mass is 446 g/mol. The minimum absolute atomic E-state index is 0.0923. The van der Waals surface area contributed by atoms with E-state index in [1.165, 1.54) is 12.1 Å². The van der Waals surface area contributed by atoms with Gasteiger partial charge in [0.1, 0.15) is 6.04 Å². The van der Waals surface area contributed by atoms with Crippen molar-refractivity contribution in [3.05, 3.63) is 66.2 Å². The summed E-state index contributed by atoms with van der Waals surface area (Å²) in [5.41, 5.74) is 0.922. The summed E-state index contributed by atoms with van der Waals surface area (Å²) in [7, 11) is -3.67. The fourth-order valence-electron chi connectivity index (χ4n) is 2.91. The summed E-state index contributed by atoms with van der Waals surface area (Å²) in [4.78, 5) is 35.7. The van der Waals surface area contributed by atoms with Crippen LogP contribution < -0.4 is 10.6 Å². The van der Waals surface area contributed by atoms with E-state index < -0.39 is 33.5 Å². The Morgan fingerprint density at radius 3 is 1.94 bits per heavy atom. The van der Waals surface area contributed by atoms with Gasteiger partial charge in [-0.1, -0.05) is 48.5 Å². The molecular weight excluding hydrogens is 420 g/mol. The smallest absolute Gasteiger partial charge is 0.326 e. The molecule has 0 aliphatic heterocycles. The van der Waals surface area contributed by atoms with Crippen LogP contribution in [0.3, 0.4) is 0 Å². The van der Waals surface area contributed by atoms with Crippen molar-refractivity contribution in [2.75, 3.05) is 5.75 Å². The molecule has 0 saturated heterocycles. The highest BCUT2D eigenvalue weighted by Gasteiger charge is 2.24. The normalized spacial score (nSPS) is 13.1. The van der Waals surface area contributed by atoms with Gasteiger partial charge in [0, 0.05) is 12.8 Å². The quantitative estimate of drug-likeness (QED) is 0.485. The number of carbonyl (C=O) groups is 3. The number of rotatable bonds is 11. The SMILES string of the molecule is C[C@@H](NC(=O)CCC(=O)N[C@@H](CCS(=O)(=O)c1ccccc1)C(=O)O)c1ccccc1. The minimum atomic E-state index is -3.67. The number of sulfone groups is 1. The van der Waals surface area contributed by atoms with Crippen LogP contribution in [0, 0.1) is 0 Å². The lowest BCUT2D eigenvalue weighted by Crippen LogP contribution is -2.42. The van der Waals surface area contributed by atoms with Crippen molar-refractivity contribution in [3.63, 3.8) is 0 Å². The largest absolute Gasteiger partial charge is 0.480 e. The molecule has 0 unspecified atom stereocenters. The number of hydrogen-bond acceptors (Lipinski definition) is 5. The Labute approximate surface area is 181 Å². The Hall–Kier alpha value is -3.20. The number of hydrogen-bond donors (Lipinski definition) is 3. The lowest BCUT2D eigenvalue weighted by Gasteiger charge is -2.16. The predicted molar refractivity (Wildman–Crippen MR) is 115 cm³/mol. The van der Waals surface area contributed by atoms with Gasteiger partial charge in [0.15, 0.2) is 9.84 Å². The summed E-state index contributed by atoms with van der Waals surface area (Å²) in [6.45, 7) is 1.82. The van der Waals surface area contributed by atoms with Crippen LogP contribution in [0.5, 0.6) is 0 Å². The maximum atomic E-state index is 12.3. The summed E-state index contributed by atoms with van der Waals surface area (Å²) in [5.74, 6) is -2.74. The van der Waals surface area contributed by atoms with Gasteiger partial charge in [-0.3, -0.25) is 9.59 Å². The minimum Gasteiger partial charge on any atom is -0.480 e. The Morgan fingerprint density at radius 1 is 0.871 bits per heavy atom. The standard InChI is InChI=1S/C22H26N2O6S/c1-16(17-8-4-2-5-9-17)23-20(25)12-13-21(26)24-19(22(27)28)14-15-31(29,30)18-10-6-3-7-11-18/h2-11,16,19H,12-15H2,1H3,(H,23,25)(H,24,26)(H,27,28)/t16-,19+/m1/s1. The molecule has 31 heavy (non-hydrogen) atoms. The van der Waals surface area contributed by atoms with Gasteiger partial charge in [-0.25, -0.2) is 13.2 Å². The van der Waals surface area contributed by atoms with Crippen LogP contribution in [0.2, 0.25) is 0 Å². The van der Waals surface area contributed by atoms with Crippen molar-refractivity contribution in [2.45, 2.75) is 43.2 Å². The second kappa shape index (κ2) is 11.3. The predicted octanol–water partition coefficient (Wildman–Crippen LogP) is 2.08. The molecular formula is C22H26N2O6S. The molecule has 0 aliphatic carbocycles. The van der Waals surface area contributed by atoms with Crippen LogP contribution in [0.15, 0.2) is 65.6 Å². The fourth-order valence-corrected chi connectivity index (χ4v) is 4.26. The lowest BCUT2D eigenvalue weighted by molar-refractivity contribution is -0.141. The van der Waals surface area contributed by atoms with Crippen LogP contribution in [0.1, 0.15) is 37.8 Å². The first-order valence-corrected chi connectivity index (χ1v) is 11.5. The molecule has 166 valence electrons. The average molecular weight is 447 g/mol. The summed E-state index contributed by atoms with van der Waals surface area (Å²) in [6.07, 6.45) is -0.601. The number of carbonyl (C=O) groups excluding carboxylic acids is 2. The third kappa shape index (κ3) is 7.86. The molecule has 0 saturated carbocycles. The molecule has 0 radical (unpaired) electrons. The van der Waals surface area contributed by atoms with Gasteiger partial charge in [0.05, 0.1) is 16.7 Å². The van der Waals surface area contributed by atoms with Gasteiger partial charge in [-0.05, 0) is 31.0 Å². The summed E-state index contributed by atoms with van der Waals surface area (Å²) >= 11 is 0. The van der Waals surface area contributed by atoms with E-state index in [0.29, 0.717) is 0 Å². The van der Waals surface area contributed by atoms with E-state index in [-0.39, 0.29) is 36.1 Å². The van der Waals surface area contributed by atoms with Gasteiger partial charge >= 0.3 is 5.97 Å². The molecule has 0 heterocycles. The third-order valence-electron chi connectivity index (χ3n) is 4.67. The topological polar surface area (TPSA) is 130 Å². The Kier molecular flexibility index (Phi) is 8.75. The summed E-state index contributed by atoms with van der Waals surface area (Å²) in [6, 6.07) is 15.4. The molecule has 0 fully saturated rings. The molecule has 2 aromatic carbocycles. The molecule has 0 aliphatic rings. The lowest BCUT2D eigenvalue weighted by atomic mass is 10.1. The molecule has 3 N–H and O–H groups in total. The maximum absolute atomic E-state index is 12.3. The summed E-state index contributed by atoms with van der Waals surface area (Å²) in [5, 5.41) is 14.4. The van der Waals surface area contributed by atoms with Crippen LogP contribution in [-0.4, -0.2) is 43.1 Å². The second-order valence-corrected chi connectivity index (χ2v) is 9.19. The first-order valence-electron chi connectivity index (χ1n) is 9.83. The highest BCUT2D eigenvalue weighted by Crippen LogP contribution is 2.13. The molecule has 2 amide bonds. The average Bonchev–Trinajstić information content (AvgIpc) is 2.76. The molecule has 2 rings (SSSR count). The molecule has 0 aromatic heterocycles. The van der Waals surface area contributed by atoms with E-state index in [0.717, 1.165) is 5.56 Å². The van der Waals surface area contributed by atoms with E-state index >= 15 is 0 Å². The van der Waals surface area contributed by atoms with Gasteiger partial charge in [0.2, 0.25) is 11.8 Å². The van der Waals surface area contributed by atoms with E-state index in [1.54, 1.807) is 18.2 Å². The van der Waals surface area contributed by atoms with Crippen LogP contribution in [0.4, 0.5) is 0 Å². The third-order valence-corrected chi connectivity index (χ3v) is 6.43. The molecule has 0 spiro atoms. The zero-order valence-corrected chi connectivity index (χ0v) is 18.0. The highest BCUT2D eigenvalue weighted by molar-refractivity contribution is 7.91. The van der Waals surface area contributed by atoms with Crippen LogP contribution in [-0.2, 0) is 24.2 Å². The molecule has 8 nitrogen and oxygen atoms in total. The van der Waals surface area contributed by atoms with Crippen LogP contribution >= 0.6 is 0 Å². The number of carboxylic acid groups (broad SMARTS) is 1. The van der Waals surface area contributed by atoms with E-state index in [1.807, 2.05) is 37.3 Å². The first kappa shape index (κ1) is 24.1. The number of benzene rings is 2. The molecule has 2 aromatic rings. The van der Waals surface area contributed by atoms with Crippen molar-refractivity contribution in [3.8, 4) is 0 Å². The van der Waals surface area contributed by atoms with E-state index in [4.69, 9.17) is 0 Å². The van der Waals surface area contributed by atoms with Crippen molar-refractivity contribution in [1.82, 2.24) is 10.6 Å². The molecule has 0 bridgehead atoms. The molecule has 9 heteroatoms.